The average Bonchev–Trinajstić information content (AvgIpc) is 2.90. The summed E-state index contributed by atoms with van der Waals surface area (Å²) in [5.41, 5.74) is 0.311. The minimum atomic E-state index is 0.311. The van der Waals surface area contributed by atoms with Crippen LogP contribution in [0.5, 0.6) is 0 Å². The number of likely N-dealkylation sites (tertiary alicyclic amines) is 1. The van der Waals surface area contributed by atoms with Crippen LogP contribution in [0, 0.1) is 5.41 Å². The molecule has 0 bridgehead atoms. The SMILES string of the molecule is CC1CCCCN1CC1(CO)CC1. The van der Waals surface area contributed by atoms with Crippen LogP contribution in [-0.2, 0) is 0 Å². The molecule has 1 aliphatic carbocycles. The third-order valence-electron chi connectivity index (χ3n) is 3.77. The van der Waals surface area contributed by atoms with Gasteiger partial charge in [0.25, 0.3) is 0 Å². The Labute approximate surface area is 80.9 Å². The fraction of sp³-hybridized carbons (Fsp3) is 1.00. The smallest absolute Gasteiger partial charge is 0.0499 e. The normalized spacial score (nSPS) is 33.2. The topological polar surface area (TPSA) is 23.5 Å². The van der Waals surface area contributed by atoms with Gasteiger partial charge >= 0.3 is 0 Å². The molecule has 0 radical (unpaired) electrons. The Morgan fingerprint density at radius 2 is 2.15 bits per heavy atom. The van der Waals surface area contributed by atoms with Gasteiger partial charge in [0.15, 0.2) is 0 Å². The van der Waals surface area contributed by atoms with E-state index >= 15 is 0 Å². The van der Waals surface area contributed by atoms with Crippen molar-refractivity contribution in [3.63, 3.8) is 0 Å². The number of piperidine rings is 1. The van der Waals surface area contributed by atoms with Gasteiger partial charge in [0.05, 0.1) is 0 Å². The summed E-state index contributed by atoms with van der Waals surface area (Å²) in [6.45, 7) is 5.12. The predicted molar refractivity (Wildman–Crippen MR) is 53.6 cm³/mol. The molecule has 2 rings (SSSR count). The quantitative estimate of drug-likeness (QED) is 0.719. The van der Waals surface area contributed by atoms with Crippen molar-refractivity contribution in [2.24, 2.45) is 5.41 Å². The lowest BCUT2D eigenvalue weighted by Crippen LogP contribution is -2.41. The molecule has 0 aromatic rings. The van der Waals surface area contributed by atoms with E-state index in [1.54, 1.807) is 0 Å². The Morgan fingerprint density at radius 1 is 1.38 bits per heavy atom. The van der Waals surface area contributed by atoms with Crippen molar-refractivity contribution in [2.75, 3.05) is 19.7 Å². The highest BCUT2D eigenvalue weighted by molar-refractivity contribution is 4.96. The van der Waals surface area contributed by atoms with E-state index < -0.39 is 0 Å². The lowest BCUT2D eigenvalue weighted by Gasteiger charge is -2.35. The van der Waals surface area contributed by atoms with Gasteiger partial charge in [-0.15, -0.1) is 0 Å². The largest absolute Gasteiger partial charge is 0.396 e. The van der Waals surface area contributed by atoms with Gasteiger partial charge < -0.3 is 10.0 Å². The second-order valence-electron chi connectivity index (χ2n) is 4.97. The molecule has 1 aliphatic heterocycles. The van der Waals surface area contributed by atoms with Crippen LogP contribution in [0.4, 0.5) is 0 Å². The number of hydrogen-bond acceptors (Lipinski definition) is 2. The van der Waals surface area contributed by atoms with Gasteiger partial charge in [0.1, 0.15) is 0 Å². The lowest BCUT2D eigenvalue weighted by molar-refractivity contribution is 0.0984. The third kappa shape index (κ3) is 2.05. The zero-order valence-corrected chi connectivity index (χ0v) is 8.63. The maximum Gasteiger partial charge on any atom is 0.0499 e. The fourth-order valence-electron chi connectivity index (χ4n) is 2.37. The van der Waals surface area contributed by atoms with Crippen molar-refractivity contribution < 1.29 is 5.11 Å². The number of rotatable bonds is 3. The molecule has 2 fully saturated rings. The highest BCUT2D eigenvalue weighted by Crippen LogP contribution is 2.46. The predicted octanol–water partition coefficient (Wildman–Crippen LogP) is 1.63. The van der Waals surface area contributed by atoms with Gasteiger partial charge in [0, 0.05) is 24.6 Å². The molecule has 1 heterocycles. The number of hydrogen-bond donors (Lipinski definition) is 1. The molecule has 0 aromatic carbocycles. The Kier molecular flexibility index (Phi) is 2.61. The molecule has 76 valence electrons. The van der Waals surface area contributed by atoms with Crippen LogP contribution in [0.2, 0.25) is 0 Å². The van der Waals surface area contributed by atoms with E-state index in [1.165, 1.54) is 38.6 Å². The van der Waals surface area contributed by atoms with Gasteiger partial charge in [-0.25, -0.2) is 0 Å². The maximum atomic E-state index is 9.25. The molecule has 2 nitrogen and oxygen atoms in total. The highest BCUT2D eigenvalue weighted by Gasteiger charge is 2.43. The van der Waals surface area contributed by atoms with Crippen LogP contribution < -0.4 is 0 Å². The number of nitrogens with zero attached hydrogens (tertiary/aromatic N) is 1. The first-order valence-corrected chi connectivity index (χ1v) is 5.61. The molecule has 13 heavy (non-hydrogen) atoms. The van der Waals surface area contributed by atoms with Crippen LogP contribution in [0.15, 0.2) is 0 Å². The van der Waals surface area contributed by atoms with Gasteiger partial charge in [-0.1, -0.05) is 6.42 Å². The summed E-state index contributed by atoms with van der Waals surface area (Å²) >= 11 is 0. The molecule has 0 amide bonds. The molecule has 1 saturated heterocycles. The summed E-state index contributed by atoms with van der Waals surface area (Å²) in [5.74, 6) is 0. The second kappa shape index (κ2) is 3.58. The lowest BCUT2D eigenvalue weighted by atomic mass is 10.00. The average molecular weight is 183 g/mol. The minimum Gasteiger partial charge on any atom is -0.396 e. The highest BCUT2D eigenvalue weighted by atomic mass is 16.3. The monoisotopic (exact) mass is 183 g/mol. The van der Waals surface area contributed by atoms with E-state index in [9.17, 15) is 5.11 Å². The van der Waals surface area contributed by atoms with Gasteiger partial charge in [-0.05, 0) is 39.2 Å². The molecular weight excluding hydrogens is 162 g/mol. The molecule has 2 aliphatic rings. The first-order valence-electron chi connectivity index (χ1n) is 5.61. The number of aliphatic hydroxyl groups is 1. The summed E-state index contributed by atoms with van der Waals surface area (Å²) < 4.78 is 0. The fourth-order valence-corrected chi connectivity index (χ4v) is 2.37. The van der Waals surface area contributed by atoms with Crippen molar-refractivity contribution in [1.82, 2.24) is 4.90 Å². The van der Waals surface area contributed by atoms with Crippen LogP contribution in [0.1, 0.15) is 39.0 Å². The summed E-state index contributed by atoms with van der Waals surface area (Å²) in [5, 5.41) is 9.25. The van der Waals surface area contributed by atoms with Crippen molar-refractivity contribution >= 4 is 0 Å². The van der Waals surface area contributed by atoms with Crippen molar-refractivity contribution in [1.29, 1.82) is 0 Å². The standard InChI is InChI=1S/C11H21NO/c1-10-4-2-3-7-12(10)8-11(9-13)5-6-11/h10,13H,2-9H2,1H3. The third-order valence-corrected chi connectivity index (χ3v) is 3.77. The van der Waals surface area contributed by atoms with Gasteiger partial charge in [0.2, 0.25) is 0 Å². The minimum absolute atomic E-state index is 0.311. The Morgan fingerprint density at radius 3 is 2.69 bits per heavy atom. The van der Waals surface area contributed by atoms with E-state index in [0.717, 1.165) is 12.6 Å². The Balaban J connectivity index is 1.85. The van der Waals surface area contributed by atoms with E-state index in [-0.39, 0.29) is 0 Å². The van der Waals surface area contributed by atoms with E-state index in [2.05, 4.69) is 11.8 Å². The van der Waals surface area contributed by atoms with Crippen molar-refractivity contribution in [3.05, 3.63) is 0 Å². The van der Waals surface area contributed by atoms with Crippen LogP contribution in [0.25, 0.3) is 0 Å². The maximum absolute atomic E-state index is 9.25. The zero-order valence-electron chi connectivity index (χ0n) is 8.63. The van der Waals surface area contributed by atoms with E-state index in [1.807, 2.05) is 0 Å². The first-order chi connectivity index (χ1) is 6.26. The molecule has 1 saturated carbocycles. The molecular formula is C11H21NO. The van der Waals surface area contributed by atoms with E-state index in [0.29, 0.717) is 12.0 Å². The summed E-state index contributed by atoms with van der Waals surface area (Å²) in [6, 6.07) is 0.748. The van der Waals surface area contributed by atoms with Crippen LogP contribution in [-0.4, -0.2) is 35.7 Å². The molecule has 0 aromatic heterocycles. The molecule has 0 spiro atoms. The van der Waals surface area contributed by atoms with Gasteiger partial charge in [-0.3, -0.25) is 0 Å². The molecule has 1 N–H and O–H groups in total. The van der Waals surface area contributed by atoms with E-state index in [4.69, 9.17) is 0 Å². The molecule has 2 heteroatoms. The van der Waals surface area contributed by atoms with Gasteiger partial charge in [-0.2, -0.15) is 0 Å². The summed E-state index contributed by atoms with van der Waals surface area (Å²) in [4.78, 5) is 2.58. The second-order valence-corrected chi connectivity index (χ2v) is 4.97. The Hall–Kier alpha value is -0.0800. The summed E-state index contributed by atoms with van der Waals surface area (Å²) in [6.07, 6.45) is 6.58. The number of aliphatic hydroxyl groups excluding tert-OH is 1. The first kappa shape index (κ1) is 9.47. The molecule has 1 atom stereocenters. The molecule has 1 unspecified atom stereocenters. The summed E-state index contributed by atoms with van der Waals surface area (Å²) in [7, 11) is 0. The van der Waals surface area contributed by atoms with Crippen LogP contribution in [0.3, 0.4) is 0 Å². The van der Waals surface area contributed by atoms with Crippen molar-refractivity contribution in [3.8, 4) is 0 Å². The van der Waals surface area contributed by atoms with Crippen LogP contribution >= 0.6 is 0 Å². The zero-order chi connectivity index (χ0) is 9.31. The Bertz CT molecular complexity index is 177. The van der Waals surface area contributed by atoms with Crippen molar-refractivity contribution in [2.45, 2.75) is 45.1 Å².